The Hall–Kier alpha value is -0.416. The molecular weight excluding hydrogens is 298 g/mol. The zero-order chi connectivity index (χ0) is 16.9. The SMILES string of the molecule is C=CC[Si](C)(C)CC=NCCCCCCC[Si](C)(C)CC=C. The number of aliphatic imine (C=N–C) groups is 1. The Morgan fingerprint density at radius 2 is 1.27 bits per heavy atom. The Labute approximate surface area is 142 Å². The highest BCUT2D eigenvalue weighted by Crippen LogP contribution is 2.20. The Morgan fingerprint density at radius 3 is 1.91 bits per heavy atom. The summed E-state index contributed by atoms with van der Waals surface area (Å²) in [6, 6.07) is 5.12. The molecule has 0 fully saturated rings. The van der Waals surface area contributed by atoms with E-state index < -0.39 is 16.1 Å². The van der Waals surface area contributed by atoms with E-state index in [1.807, 2.05) is 0 Å². The minimum atomic E-state index is -1.08. The average Bonchev–Trinajstić information content (AvgIpc) is 2.40. The van der Waals surface area contributed by atoms with Crippen molar-refractivity contribution in [2.24, 2.45) is 4.99 Å². The first-order valence-electron chi connectivity index (χ1n) is 9.03. The van der Waals surface area contributed by atoms with Gasteiger partial charge in [-0.05, 0) is 30.8 Å². The molecule has 0 atom stereocenters. The van der Waals surface area contributed by atoms with Gasteiger partial charge in [0.05, 0.1) is 16.1 Å². The highest BCUT2D eigenvalue weighted by molar-refractivity contribution is 6.79. The minimum absolute atomic E-state index is 0.959. The highest BCUT2D eigenvalue weighted by atomic mass is 28.3. The number of hydrogen-bond acceptors (Lipinski definition) is 1. The second-order valence-corrected chi connectivity index (χ2v) is 18.5. The van der Waals surface area contributed by atoms with E-state index in [2.05, 4.69) is 62.7 Å². The van der Waals surface area contributed by atoms with Gasteiger partial charge in [0.15, 0.2) is 0 Å². The first-order valence-corrected chi connectivity index (χ1v) is 15.9. The molecule has 128 valence electrons. The zero-order valence-corrected chi connectivity index (χ0v) is 17.7. The third-order valence-electron chi connectivity index (χ3n) is 4.31. The number of rotatable bonds is 14. The summed E-state index contributed by atoms with van der Waals surface area (Å²) in [5.74, 6) is 0. The monoisotopic (exact) mass is 337 g/mol. The fraction of sp³-hybridized carbons (Fsp3) is 0.737. The van der Waals surface area contributed by atoms with Gasteiger partial charge >= 0.3 is 0 Å². The molecule has 3 heteroatoms. The van der Waals surface area contributed by atoms with E-state index >= 15 is 0 Å². The van der Waals surface area contributed by atoms with Gasteiger partial charge in [-0.1, -0.05) is 70.1 Å². The van der Waals surface area contributed by atoms with Crippen LogP contribution >= 0.6 is 0 Å². The molecule has 22 heavy (non-hydrogen) atoms. The van der Waals surface area contributed by atoms with Crippen LogP contribution in [0.2, 0.25) is 50.4 Å². The summed E-state index contributed by atoms with van der Waals surface area (Å²) in [7, 11) is -2.04. The zero-order valence-electron chi connectivity index (χ0n) is 15.7. The Balaban J connectivity index is 3.51. The number of unbranched alkanes of at least 4 members (excludes halogenated alkanes) is 4. The quantitative estimate of drug-likeness (QED) is 0.143. The van der Waals surface area contributed by atoms with Gasteiger partial charge < -0.3 is 0 Å². The molecule has 0 spiro atoms. The second kappa shape index (κ2) is 12.1. The van der Waals surface area contributed by atoms with Crippen molar-refractivity contribution in [3.05, 3.63) is 25.3 Å². The van der Waals surface area contributed by atoms with Crippen LogP contribution < -0.4 is 0 Å². The lowest BCUT2D eigenvalue weighted by Crippen LogP contribution is -2.24. The van der Waals surface area contributed by atoms with Gasteiger partial charge in [0.1, 0.15) is 0 Å². The lowest BCUT2D eigenvalue weighted by Gasteiger charge is -2.19. The molecule has 0 aliphatic rings. The molecule has 0 radical (unpaired) electrons. The molecule has 0 aromatic carbocycles. The standard InChI is InChI=1S/C19H39NSi2/c1-7-16-21(3,4)18-13-11-9-10-12-14-20-15-19-22(5,6)17-8-2/h7-8,15H,1-2,9-14,16-19H2,3-6H3. The van der Waals surface area contributed by atoms with Crippen LogP contribution in [-0.2, 0) is 0 Å². The summed E-state index contributed by atoms with van der Waals surface area (Å²) in [4.78, 5) is 4.59. The van der Waals surface area contributed by atoms with Crippen LogP contribution in [0.4, 0.5) is 0 Å². The van der Waals surface area contributed by atoms with E-state index in [4.69, 9.17) is 0 Å². The maximum atomic E-state index is 4.59. The third kappa shape index (κ3) is 13.3. The van der Waals surface area contributed by atoms with Gasteiger partial charge in [0, 0.05) is 6.54 Å². The van der Waals surface area contributed by atoms with Gasteiger partial charge in [-0.2, -0.15) is 0 Å². The van der Waals surface area contributed by atoms with E-state index in [1.54, 1.807) is 0 Å². The van der Waals surface area contributed by atoms with Crippen LogP contribution in [0.15, 0.2) is 30.3 Å². The number of allylic oxidation sites excluding steroid dienone is 2. The summed E-state index contributed by atoms with van der Waals surface area (Å²) >= 11 is 0. The molecule has 0 unspecified atom stereocenters. The van der Waals surface area contributed by atoms with Gasteiger partial charge in [-0.3, -0.25) is 4.99 Å². The molecule has 0 bridgehead atoms. The number of hydrogen-bond donors (Lipinski definition) is 0. The molecule has 0 rings (SSSR count). The first-order chi connectivity index (χ1) is 10.3. The topological polar surface area (TPSA) is 12.4 Å². The summed E-state index contributed by atoms with van der Waals surface area (Å²) in [5, 5.41) is 0. The van der Waals surface area contributed by atoms with E-state index in [0.717, 1.165) is 6.54 Å². The van der Waals surface area contributed by atoms with Gasteiger partial charge in [0.2, 0.25) is 0 Å². The normalized spacial score (nSPS) is 12.7. The highest BCUT2D eigenvalue weighted by Gasteiger charge is 2.17. The Kier molecular flexibility index (Phi) is 11.8. The predicted molar refractivity (Wildman–Crippen MR) is 111 cm³/mol. The van der Waals surface area contributed by atoms with Gasteiger partial charge in [-0.15, -0.1) is 13.2 Å². The molecule has 0 heterocycles. The molecule has 0 saturated carbocycles. The van der Waals surface area contributed by atoms with Crippen molar-refractivity contribution in [1.82, 2.24) is 0 Å². The van der Waals surface area contributed by atoms with Crippen LogP contribution in [0, 0.1) is 0 Å². The molecule has 0 aromatic heterocycles. The van der Waals surface area contributed by atoms with Crippen molar-refractivity contribution in [1.29, 1.82) is 0 Å². The van der Waals surface area contributed by atoms with Crippen molar-refractivity contribution < 1.29 is 0 Å². The van der Waals surface area contributed by atoms with Crippen molar-refractivity contribution in [3.8, 4) is 0 Å². The van der Waals surface area contributed by atoms with E-state index in [1.165, 1.54) is 56.3 Å². The van der Waals surface area contributed by atoms with Crippen LogP contribution in [0.25, 0.3) is 0 Å². The first kappa shape index (κ1) is 21.6. The minimum Gasteiger partial charge on any atom is -0.298 e. The fourth-order valence-corrected chi connectivity index (χ4v) is 6.47. The van der Waals surface area contributed by atoms with E-state index in [-0.39, 0.29) is 0 Å². The Morgan fingerprint density at radius 1 is 0.727 bits per heavy atom. The molecule has 0 aliphatic carbocycles. The maximum Gasteiger partial charge on any atom is 0.0565 e. The molecular formula is C19H39NSi2. The Bertz CT molecular complexity index is 332. The van der Waals surface area contributed by atoms with Crippen molar-refractivity contribution in [2.75, 3.05) is 6.54 Å². The third-order valence-corrected chi connectivity index (χ3v) is 10.1. The average molecular weight is 338 g/mol. The summed E-state index contributed by atoms with van der Waals surface area (Å²) < 4.78 is 0. The molecule has 0 amide bonds. The van der Waals surface area contributed by atoms with Gasteiger partial charge in [0.25, 0.3) is 0 Å². The van der Waals surface area contributed by atoms with Crippen molar-refractivity contribution >= 4 is 22.4 Å². The van der Waals surface area contributed by atoms with Gasteiger partial charge in [-0.25, -0.2) is 0 Å². The molecule has 0 N–H and O–H groups in total. The van der Waals surface area contributed by atoms with Crippen molar-refractivity contribution in [2.45, 2.75) is 82.5 Å². The summed E-state index contributed by atoms with van der Waals surface area (Å²) in [5.41, 5.74) is 0. The van der Waals surface area contributed by atoms with Crippen LogP contribution in [0.5, 0.6) is 0 Å². The summed E-state index contributed by atoms with van der Waals surface area (Å²) in [6.45, 7) is 18.6. The van der Waals surface area contributed by atoms with Crippen LogP contribution in [-0.4, -0.2) is 28.9 Å². The molecule has 0 aromatic rings. The van der Waals surface area contributed by atoms with Crippen LogP contribution in [0.3, 0.4) is 0 Å². The van der Waals surface area contributed by atoms with E-state index in [9.17, 15) is 0 Å². The maximum absolute atomic E-state index is 4.59. The second-order valence-electron chi connectivity index (χ2n) is 8.12. The predicted octanol–water partition coefficient (Wildman–Crippen LogP) is 6.80. The molecule has 1 nitrogen and oxygen atoms in total. The smallest absolute Gasteiger partial charge is 0.0565 e. The van der Waals surface area contributed by atoms with Crippen LogP contribution in [0.1, 0.15) is 32.1 Å². The van der Waals surface area contributed by atoms with Crippen molar-refractivity contribution in [3.63, 3.8) is 0 Å². The largest absolute Gasteiger partial charge is 0.298 e. The van der Waals surface area contributed by atoms with E-state index in [0.29, 0.717) is 0 Å². The lowest BCUT2D eigenvalue weighted by molar-refractivity contribution is 0.636. The molecule has 0 saturated heterocycles. The summed E-state index contributed by atoms with van der Waals surface area (Å²) in [6.07, 6.45) is 13.2. The lowest BCUT2D eigenvalue weighted by atomic mass is 10.1. The fourth-order valence-electron chi connectivity index (χ4n) is 2.71. The molecule has 0 aliphatic heterocycles. The number of nitrogens with zero attached hydrogens (tertiary/aromatic N) is 1.